The summed E-state index contributed by atoms with van der Waals surface area (Å²) >= 11 is 0. The molecule has 1 aliphatic carbocycles. The van der Waals surface area contributed by atoms with E-state index in [0.717, 1.165) is 26.1 Å². The van der Waals surface area contributed by atoms with Crippen molar-refractivity contribution in [2.75, 3.05) is 32.8 Å². The van der Waals surface area contributed by atoms with Crippen molar-refractivity contribution >= 4 is 0 Å². The first-order valence-corrected chi connectivity index (χ1v) is 7.82. The minimum Gasteiger partial charge on any atom is -0.377 e. The van der Waals surface area contributed by atoms with Gasteiger partial charge in [0.1, 0.15) is 0 Å². The molecule has 0 aromatic rings. The minimum absolute atomic E-state index is 0.423. The Morgan fingerprint density at radius 2 is 2.06 bits per heavy atom. The van der Waals surface area contributed by atoms with Gasteiger partial charge in [0.2, 0.25) is 0 Å². The van der Waals surface area contributed by atoms with Gasteiger partial charge in [-0.25, -0.2) is 0 Å². The number of nitrogens with two attached hydrogens (primary N) is 1. The van der Waals surface area contributed by atoms with Crippen molar-refractivity contribution < 1.29 is 4.74 Å². The standard InChI is InChI=1S/C15H30N2O/c1-2-10-18-14-6-5-9-17(11-14)13-15(12-16)7-3-4-8-15/h14H,2-13,16H2,1H3. The Balaban J connectivity index is 1.81. The quantitative estimate of drug-likeness (QED) is 0.791. The van der Waals surface area contributed by atoms with Crippen LogP contribution >= 0.6 is 0 Å². The van der Waals surface area contributed by atoms with E-state index in [1.165, 1.54) is 51.6 Å². The van der Waals surface area contributed by atoms with Gasteiger partial charge in [-0.05, 0) is 50.6 Å². The van der Waals surface area contributed by atoms with Crippen LogP contribution in [0.1, 0.15) is 51.9 Å². The largest absolute Gasteiger partial charge is 0.377 e. The molecule has 3 heteroatoms. The average molecular weight is 254 g/mol. The van der Waals surface area contributed by atoms with Crippen LogP contribution in [0.3, 0.4) is 0 Å². The van der Waals surface area contributed by atoms with Crippen LogP contribution in [-0.4, -0.2) is 43.8 Å². The first-order valence-electron chi connectivity index (χ1n) is 7.82. The smallest absolute Gasteiger partial charge is 0.0702 e. The third-order valence-corrected chi connectivity index (χ3v) is 4.68. The molecule has 1 saturated carbocycles. The molecule has 106 valence electrons. The summed E-state index contributed by atoms with van der Waals surface area (Å²) in [5.74, 6) is 0. The second-order valence-corrected chi connectivity index (χ2v) is 6.28. The van der Waals surface area contributed by atoms with Crippen molar-refractivity contribution in [1.82, 2.24) is 4.90 Å². The lowest BCUT2D eigenvalue weighted by molar-refractivity contribution is -0.0107. The summed E-state index contributed by atoms with van der Waals surface area (Å²) in [6, 6.07) is 0. The zero-order chi connectivity index (χ0) is 12.8. The van der Waals surface area contributed by atoms with Crippen LogP contribution in [0, 0.1) is 5.41 Å². The number of hydrogen-bond donors (Lipinski definition) is 1. The molecule has 1 atom stereocenters. The van der Waals surface area contributed by atoms with Crippen molar-refractivity contribution in [3.8, 4) is 0 Å². The van der Waals surface area contributed by atoms with E-state index >= 15 is 0 Å². The normalized spacial score (nSPS) is 28.7. The fourth-order valence-corrected chi connectivity index (χ4v) is 3.60. The molecule has 2 aliphatic rings. The number of nitrogens with zero attached hydrogens (tertiary/aromatic N) is 1. The van der Waals surface area contributed by atoms with Crippen molar-refractivity contribution in [2.45, 2.75) is 58.0 Å². The van der Waals surface area contributed by atoms with Crippen molar-refractivity contribution in [2.24, 2.45) is 11.1 Å². The van der Waals surface area contributed by atoms with Gasteiger partial charge in [-0.2, -0.15) is 0 Å². The van der Waals surface area contributed by atoms with Crippen molar-refractivity contribution in [1.29, 1.82) is 0 Å². The summed E-state index contributed by atoms with van der Waals surface area (Å²) in [6.07, 6.45) is 9.54. The summed E-state index contributed by atoms with van der Waals surface area (Å²) in [7, 11) is 0. The van der Waals surface area contributed by atoms with Crippen LogP contribution < -0.4 is 5.73 Å². The predicted molar refractivity (Wildman–Crippen MR) is 75.7 cm³/mol. The first kappa shape index (κ1) is 14.3. The van der Waals surface area contributed by atoms with Gasteiger partial charge in [0.05, 0.1) is 6.10 Å². The molecule has 18 heavy (non-hydrogen) atoms. The number of piperidine rings is 1. The Bertz CT molecular complexity index is 239. The molecule has 2 N–H and O–H groups in total. The van der Waals surface area contributed by atoms with Crippen LogP contribution in [0.4, 0.5) is 0 Å². The molecule has 3 nitrogen and oxygen atoms in total. The average Bonchev–Trinajstić information content (AvgIpc) is 2.86. The molecule has 0 radical (unpaired) electrons. The van der Waals surface area contributed by atoms with Gasteiger partial charge < -0.3 is 15.4 Å². The highest BCUT2D eigenvalue weighted by molar-refractivity contribution is 4.89. The van der Waals surface area contributed by atoms with E-state index in [-0.39, 0.29) is 0 Å². The summed E-state index contributed by atoms with van der Waals surface area (Å²) in [4.78, 5) is 2.61. The van der Waals surface area contributed by atoms with E-state index in [2.05, 4.69) is 11.8 Å². The molecule has 1 aliphatic heterocycles. The first-order chi connectivity index (χ1) is 8.78. The van der Waals surface area contributed by atoms with Gasteiger partial charge in [0.25, 0.3) is 0 Å². The van der Waals surface area contributed by atoms with Gasteiger partial charge in [0, 0.05) is 19.7 Å². The highest BCUT2D eigenvalue weighted by Crippen LogP contribution is 2.38. The fourth-order valence-electron chi connectivity index (χ4n) is 3.60. The van der Waals surface area contributed by atoms with E-state index in [1.807, 2.05) is 0 Å². The Kier molecular flexibility index (Phi) is 5.46. The SMILES string of the molecule is CCCOC1CCCN(CC2(CN)CCCC2)C1. The van der Waals surface area contributed by atoms with E-state index in [4.69, 9.17) is 10.5 Å². The van der Waals surface area contributed by atoms with E-state index in [9.17, 15) is 0 Å². The van der Waals surface area contributed by atoms with Crippen molar-refractivity contribution in [3.05, 3.63) is 0 Å². The zero-order valence-corrected chi connectivity index (χ0v) is 12.0. The molecule has 0 bridgehead atoms. The second-order valence-electron chi connectivity index (χ2n) is 6.28. The number of hydrogen-bond acceptors (Lipinski definition) is 3. The molecule has 0 spiro atoms. The lowest BCUT2D eigenvalue weighted by atomic mass is 9.85. The molecule has 2 rings (SSSR count). The van der Waals surface area contributed by atoms with E-state index < -0.39 is 0 Å². The highest BCUT2D eigenvalue weighted by Gasteiger charge is 2.35. The van der Waals surface area contributed by atoms with Gasteiger partial charge in [-0.1, -0.05) is 19.8 Å². The minimum atomic E-state index is 0.423. The van der Waals surface area contributed by atoms with Gasteiger partial charge in [-0.3, -0.25) is 0 Å². The molecule has 0 amide bonds. The van der Waals surface area contributed by atoms with E-state index in [0.29, 0.717) is 11.5 Å². The van der Waals surface area contributed by atoms with E-state index in [1.54, 1.807) is 0 Å². The number of rotatable bonds is 6. The number of ether oxygens (including phenoxy) is 1. The van der Waals surface area contributed by atoms with Gasteiger partial charge >= 0.3 is 0 Å². The van der Waals surface area contributed by atoms with Crippen LogP contribution in [-0.2, 0) is 4.74 Å². The summed E-state index contributed by atoms with van der Waals surface area (Å²) in [5.41, 5.74) is 6.47. The molecule has 1 heterocycles. The third-order valence-electron chi connectivity index (χ3n) is 4.68. The zero-order valence-electron chi connectivity index (χ0n) is 12.0. The van der Waals surface area contributed by atoms with Gasteiger partial charge in [0.15, 0.2) is 0 Å². The lowest BCUT2D eigenvalue weighted by Gasteiger charge is -2.39. The molecule has 0 aromatic carbocycles. The van der Waals surface area contributed by atoms with Crippen LogP contribution in [0.5, 0.6) is 0 Å². The summed E-state index contributed by atoms with van der Waals surface area (Å²) in [5, 5.41) is 0. The van der Waals surface area contributed by atoms with Crippen LogP contribution in [0.25, 0.3) is 0 Å². The molecule has 1 saturated heterocycles. The summed E-state index contributed by atoms with van der Waals surface area (Å²) < 4.78 is 5.92. The van der Waals surface area contributed by atoms with Gasteiger partial charge in [-0.15, -0.1) is 0 Å². The Labute approximate surface area is 112 Å². The molecule has 0 aromatic heterocycles. The third kappa shape index (κ3) is 3.69. The molecular formula is C15H30N2O. The topological polar surface area (TPSA) is 38.5 Å². The maximum Gasteiger partial charge on any atom is 0.0702 e. The Morgan fingerprint density at radius 3 is 2.72 bits per heavy atom. The predicted octanol–water partition coefficient (Wildman–Crippen LogP) is 2.40. The van der Waals surface area contributed by atoms with Crippen molar-refractivity contribution in [3.63, 3.8) is 0 Å². The summed E-state index contributed by atoms with van der Waals surface area (Å²) in [6.45, 7) is 7.54. The molecule has 1 unspecified atom stereocenters. The Morgan fingerprint density at radius 1 is 1.28 bits per heavy atom. The maximum absolute atomic E-state index is 6.04. The van der Waals surface area contributed by atoms with Crippen LogP contribution in [0.15, 0.2) is 0 Å². The molecule has 2 fully saturated rings. The lowest BCUT2D eigenvalue weighted by Crippen LogP contribution is -2.47. The maximum atomic E-state index is 6.04. The monoisotopic (exact) mass is 254 g/mol. The molecular weight excluding hydrogens is 224 g/mol. The second kappa shape index (κ2) is 6.88. The highest BCUT2D eigenvalue weighted by atomic mass is 16.5. The Hall–Kier alpha value is -0.120. The number of likely N-dealkylation sites (tertiary alicyclic amines) is 1. The van der Waals surface area contributed by atoms with Crippen LogP contribution in [0.2, 0.25) is 0 Å². The fraction of sp³-hybridized carbons (Fsp3) is 1.00.